The number of allylic oxidation sites excluding steroid dienone is 2. The number of benzene rings is 2. The molecule has 504 valence electrons. The van der Waals surface area contributed by atoms with Gasteiger partial charge in [0.15, 0.2) is 5.96 Å². The number of carbonyl (C=O) groups excluding carboxylic acids is 9. The van der Waals surface area contributed by atoms with E-state index in [1.807, 2.05) is 31.2 Å². The fourth-order valence-corrected chi connectivity index (χ4v) is 10.1. The van der Waals surface area contributed by atoms with Crippen molar-refractivity contribution in [3.8, 4) is 0 Å². The summed E-state index contributed by atoms with van der Waals surface area (Å²) in [5, 5.41) is 26.4. The number of primary amides is 1. The molecule has 2 aromatic carbocycles. The van der Waals surface area contributed by atoms with E-state index in [2.05, 4.69) is 92.1 Å². The van der Waals surface area contributed by atoms with E-state index in [4.69, 9.17) is 17.2 Å². The average Bonchev–Trinajstić information content (AvgIpc) is 1.81. The van der Waals surface area contributed by atoms with Crippen LogP contribution in [0, 0.1) is 0 Å². The Morgan fingerprint density at radius 1 is 0.565 bits per heavy atom. The number of rotatable bonds is 48. The zero-order chi connectivity index (χ0) is 66.7. The second kappa shape index (κ2) is 44.4. The summed E-state index contributed by atoms with van der Waals surface area (Å²) in [6, 6.07) is 8.72. The average molecular weight is 1280 g/mol. The largest absolute Gasteiger partial charge is 0.370 e. The number of nitrogens with zero attached hydrogens (tertiary/aromatic N) is 3. The van der Waals surface area contributed by atoms with Crippen LogP contribution in [0.25, 0.3) is 10.9 Å². The molecular formula is C66H101N17O9. The van der Waals surface area contributed by atoms with Crippen molar-refractivity contribution in [1.29, 1.82) is 0 Å². The first-order chi connectivity index (χ1) is 44.5. The minimum absolute atomic E-state index is 0.000308. The van der Waals surface area contributed by atoms with Crippen LogP contribution in [0.5, 0.6) is 0 Å². The summed E-state index contributed by atoms with van der Waals surface area (Å²) in [6.07, 6.45) is 28.1. The topological polar surface area (TPSA) is 409 Å². The highest BCUT2D eigenvalue weighted by Crippen LogP contribution is 2.20. The molecule has 0 spiro atoms. The smallest absolute Gasteiger partial charge is 0.264 e. The molecule has 4 rings (SSSR count). The standard InChI is InChI=1S/C66H101N17O9/c1-4-6-8-9-10-11-12-13-14-15-16-17-18-19-23-34-57(84)71-36-27-37-72-58(85)43-76-77-44-59(86)79-52(31-7-5-2)62(89)78-46(3)61(88)82-56(40-49-42-70-45-75-49)65(92)83-55(38-47-28-21-20-22-29-47)64(91)80-53(33-26-35-73-66(68)69)63(90)81-54(60(67)87)39-48-41-74-51-32-25-24-30-50(48)51/h13-14,20-22,24-25,28-30,32,41-43,45-46,52-56,74,77H,4-12,15-19,23,26-27,31,33-40,44H2,1-3H3,(H2,67,87)(H,70,75)(H,71,84)(H,72,85)(H,78,89)(H,79,86)(H,80,91)(H,81,90)(H,82,88)(H,83,92)(H4,68,69,73)/b14-13+,76-43+/t46-,52-,53-,54-,55+,56-/m0/s1. The number of aromatic amines is 2. The van der Waals surface area contributed by atoms with Crippen molar-refractivity contribution in [3.63, 3.8) is 0 Å². The molecular weight excluding hydrogens is 1170 g/mol. The Labute approximate surface area is 540 Å². The minimum atomic E-state index is -1.36. The maximum atomic E-state index is 14.5. The number of amides is 9. The van der Waals surface area contributed by atoms with Crippen LogP contribution in [0.3, 0.4) is 0 Å². The number of aromatic nitrogens is 3. The molecule has 4 aromatic rings. The zero-order valence-electron chi connectivity index (χ0n) is 54.0. The van der Waals surface area contributed by atoms with Crippen molar-refractivity contribution in [2.24, 2.45) is 27.3 Å². The first kappa shape index (κ1) is 75.4. The second-order valence-electron chi connectivity index (χ2n) is 23.0. The molecule has 6 atom stereocenters. The van der Waals surface area contributed by atoms with Gasteiger partial charge < -0.3 is 75.1 Å². The van der Waals surface area contributed by atoms with Crippen LogP contribution in [0.1, 0.15) is 166 Å². The molecule has 0 aliphatic heterocycles. The maximum Gasteiger partial charge on any atom is 0.264 e. The first-order valence-electron chi connectivity index (χ1n) is 32.6. The molecule has 0 unspecified atom stereocenters. The van der Waals surface area contributed by atoms with Gasteiger partial charge in [0.25, 0.3) is 5.91 Å². The number of fused-ring (bicyclic) bond motifs is 1. The number of imidazole rings is 1. The van der Waals surface area contributed by atoms with E-state index in [1.165, 1.54) is 70.8 Å². The summed E-state index contributed by atoms with van der Waals surface area (Å²) in [7, 11) is 0. The summed E-state index contributed by atoms with van der Waals surface area (Å²) < 4.78 is 0. The molecule has 17 N–H and O–H groups in total. The molecule has 0 aliphatic carbocycles. The van der Waals surface area contributed by atoms with Crippen molar-refractivity contribution in [2.75, 3.05) is 26.2 Å². The SMILES string of the molecule is CCCCCCCC/C=C/CCCCCCCC(=O)NCCCNC(=O)/C=N/NCC(=O)N[C@@H](CCCC)C(=O)N[C@@H](C)C(=O)N[C@@H](Cc1cnc[nH]1)C(=O)N[C@H](Cc1ccccc1)C(=O)N[C@@H](CCCN=C(N)N)C(=O)N[C@@H](Cc1c[nH]c2ccccc12)C(N)=O. The monoisotopic (exact) mass is 1280 g/mol. The Bertz CT molecular complexity index is 2960. The number of carbonyl (C=O) groups is 9. The van der Waals surface area contributed by atoms with E-state index in [1.54, 1.807) is 36.5 Å². The number of unbranched alkanes of at least 4 members (excludes halogenated alkanes) is 12. The normalized spacial score (nSPS) is 13.2. The summed E-state index contributed by atoms with van der Waals surface area (Å²) in [6.45, 7) is 5.97. The molecule has 9 amide bonds. The van der Waals surface area contributed by atoms with Gasteiger partial charge in [-0.3, -0.25) is 48.1 Å². The highest BCUT2D eigenvalue weighted by Gasteiger charge is 2.33. The number of nitrogens with one attached hydrogen (secondary N) is 11. The van der Waals surface area contributed by atoms with Gasteiger partial charge >= 0.3 is 0 Å². The third kappa shape index (κ3) is 31.1. The van der Waals surface area contributed by atoms with Gasteiger partial charge in [0, 0.05) is 74.3 Å². The van der Waals surface area contributed by atoms with E-state index in [9.17, 15) is 43.2 Å². The second-order valence-corrected chi connectivity index (χ2v) is 23.0. The molecule has 0 radical (unpaired) electrons. The Balaban J connectivity index is 1.28. The maximum absolute atomic E-state index is 14.5. The summed E-state index contributed by atoms with van der Waals surface area (Å²) in [5.41, 5.74) is 22.1. The van der Waals surface area contributed by atoms with Gasteiger partial charge in [-0.15, -0.1) is 0 Å². The Kier molecular flexibility index (Phi) is 36.4. The lowest BCUT2D eigenvalue weighted by Gasteiger charge is -2.27. The van der Waals surface area contributed by atoms with Crippen LogP contribution in [0.4, 0.5) is 0 Å². The lowest BCUT2D eigenvalue weighted by Crippen LogP contribution is -2.60. The number of hydrazone groups is 1. The number of para-hydroxylation sites is 1. The molecule has 92 heavy (non-hydrogen) atoms. The van der Waals surface area contributed by atoms with Crippen molar-refractivity contribution in [2.45, 2.75) is 205 Å². The molecule has 0 saturated heterocycles. The zero-order valence-corrected chi connectivity index (χ0v) is 54.0. The third-order valence-corrected chi connectivity index (χ3v) is 15.3. The highest BCUT2D eigenvalue weighted by atomic mass is 16.2. The van der Waals surface area contributed by atoms with Gasteiger partial charge in [-0.1, -0.05) is 139 Å². The Hall–Kier alpha value is -9.10. The fourth-order valence-electron chi connectivity index (χ4n) is 10.1. The number of nitrogens with two attached hydrogens (primary N) is 3. The summed E-state index contributed by atoms with van der Waals surface area (Å²) in [5.74, 6) is -5.90. The molecule has 0 saturated carbocycles. The van der Waals surface area contributed by atoms with Gasteiger partial charge in [0.2, 0.25) is 47.3 Å². The van der Waals surface area contributed by atoms with Gasteiger partial charge in [-0.05, 0) is 81.9 Å². The van der Waals surface area contributed by atoms with E-state index in [0.717, 1.165) is 54.8 Å². The fraction of sp³-hybridized carbons (Fsp3) is 0.545. The van der Waals surface area contributed by atoms with Crippen LogP contribution in [0.15, 0.2) is 95.6 Å². The highest BCUT2D eigenvalue weighted by molar-refractivity contribution is 6.26. The van der Waals surface area contributed by atoms with Gasteiger partial charge in [0.05, 0.1) is 6.33 Å². The molecule has 2 heterocycles. The quantitative estimate of drug-likeness (QED) is 0.00985. The summed E-state index contributed by atoms with van der Waals surface area (Å²) >= 11 is 0. The lowest BCUT2D eigenvalue weighted by atomic mass is 10.0. The van der Waals surface area contributed by atoms with Crippen molar-refractivity contribution in [3.05, 3.63) is 102 Å². The number of aliphatic imine (C=N–C) groups is 1. The molecule has 26 nitrogen and oxygen atoms in total. The van der Waals surface area contributed by atoms with Crippen molar-refractivity contribution >= 4 is 76.2 Å². The van der Waals surface area contributed by atoms with Crippen molar-refractivity contribution < 1.29 is 43.2 Å². The van der Waals surface area contributed by atoms with Crippen LogP contribution in [-0.2, 0) is 62.4 Å². The summed E-state index contributed by atoms with van der Waals surface area (Å²) in [4.78, 5) is 136. The van der Waals surface area contributed by atoms with Crippen LogP contribution >= 0.6 is 0 Å². The van der Waals surface area contributed by atoms with Gasteiger partial charge in [-0.25, -0.2) is 4.98 Å². The predicted molar refractivity (Wildman–Crippen MR) is 357 cm³/mol. The third-order valence-electron chi connectivity index (χ3n) is 15.3. The predicted octanol–water partition coefficient (Wildman–Crippen LogP) is 3.81. The number of hydrogen-bond donors (Lipinski definition) is 14. The van der Waals surface area contributed by atoms with Crippen LogP contribution < -0.4 is 65.2 Å². The Morgan fingerprint density at radius 2 is 1.15 bits per heavy atom. The van der Waals surface area contributed by atoms with Gasteiger partial charge in [0.1, 0.15) is 49.0 Å². The molecule has 2 aromatic heterocycles. The number of H-pyrrole nitrogens is 2. The molecule has 0 fully saturated rings. The van der Waals surface area contributed by atoms with Crippen LogP contribution in [-0.4, -0.2) is 143 Å². The van der Waals surface area contributed by atoms with E-state index < -0.39 is 83.5 Å². The molecule has 0 bridgehead atoms. The number of hydrogen-bond acceptors (Lipinski definition) is 13. The lowest BCUT2D eigenvalue weighted by molar-refractivity contribution is -0.135. The van der Waals surface area contributed by atoms with Crippen molar-refractivity contribution in [1.82, 2.24) is 62.9 Å². The van der Waals surface area contributed by atoms with E-state index >= 15 is 0 Å². The number of guanidine groups is 1. The van der Waals surface area contributed by atoms with Crippen LogP contribution in [0.2, 0.25) is 0 Å². The molecule has 26 heteroatoms. The molecule has 0 aliphatic rings. The van der Waals surface area contributed by atoms with E-state index in [-0.39, 0.29) is 63.5 Å². The Morgan fingerprint density at radius 3 is 1.84 bits per heavy atom. The minimum Gasteiger partial charge on any atom is -0.370 e. The first-order valence-corrected chi connectivity index (χ1v) is 32.6. The van der Waals surface area contributed by atoms with E-state index in [0.29, 0.717) is 50.0 Å². The van der Waals surface area contributed by atoms with Gasteiger partial charge in [-0.2, -0.15) is 5.10 Å².